The highest BCUT2D eigenvalue weighted by Gasteiger charge is 2.37. The van der Waals surface area contributed by atoms with Gasteiger partial charge in [-0.25, -0.2) is 0 Å². The highest BCUT2D eigenvalue weighted by molar-refractivity contribution is 6.33. The second-order valence-corrected chi connectivity index (χ2v) is 8.31. The van der Waals surface area contributed by atoms with Crippen LogP contribution in [-0.2, 0) is 0 Å². The predicted molar refractivity (Wildman–Crippen MR) is 131 cm³/mol. The Bertz CT molecular complexity index is 1470. The lowest BCUT2D eigenvalue weighted by molar-refractivity contribution is 0.104. The third-order valence-electron chi connectivity index (χ3n) is 6.00. The molecular formula is C29H18ClNO. The fourth-order valence-corrected chi connectivity index (χ4v) is 4.86. The van der Waals surface area contributed by atoms with Gasteiger partial charge >= 0.3 is 0 Å². The smallest absolute Gasteiger partial charge is 0.196 e. The van der Waals surface area contributed by atoms with Gasteiger partial charge in [0.05, 0.1) is 17.0 Å². The number of para-hydroxylation sites is 1. The highest BCUT2D eigenvalue weighted by Crippen LogP contribution is 2.50. The van der Waals surface area contributed by atoms with Crippen LogP contribution in [0.1, 0.15) is 15.9 Å². The van der Waals surface area contributed by atoms with Gasteiger partial charge in [0.2, 0.25) is 0 Å². The minimum atomic E-state index is 0.0169. The molecule has 1 heterocycles. The maximum Gasteiger partial charge on any atom is 0.196 e. The fraction of sp³-hybridized carbons (Fsp3) is 0. The van der Waals surface area contributed by atoms with Crippen LogP contribution in [0.3, 0.4) is 0 Å². The normalized spacial score (nSPS) is 12.0. The van der Waals surface area contributed by atoms with Crippen molar-refractivity contribution in [1.82, 2.24) is 4.57 Å². The number of hydrogen-bond acceptors (Lipinski definition) is 1. The maximum atomic E-state index is 13.8. The summed E-state index contributed by atoms with van der Waals surface area (Å²) in [6.45, 7) is 0. The van der Waals surface area contributed by atoms with E-state index in [1.54, 1.807) is 6.07 Å². The number of halogens is 1. The molecule has 152 valence electrons. The topological polar surface area (TPSA) is 22.0 Å². The molecule has 0 spiro atoms. The third-order valence-corrected chi connectivity index (χ3v) is 6.24. The van der Waals surface area contributed by atoms with Crippen molar-refractivity contribution >= 4 is 17.4 Å². The van der Waals surface area contributed by atoms with Gasteiger partial charge in [-0.05, 0) is 41.0 Å². The Balaban J connectivity index is 1.82. The summed E-state index contributed by atoms with van der Waals surface area (Å²) in [7, 11) is 0. The van der Waals surface area contributed by atoms with Gasteiger partial charge in [-0.1, -0.05) is 96.5 Å². The van der Waals surface area contributed by atoms with Crippen molar-refractivity contribution in [3.8, 4) is 39.3 Å². The first-order valence-corrected chi connectivity index (χ1v) is 10.9. The van der Waals surface area contributed by atoms with Crippen LogP contribution in [0.25, 0.3) is 39.3 Å². The molecule has 1 aromatic heterocycles. The first kappa shape index (κ1) is 18.9. The lowest BCUT2D eigenvalue weighted by Gasteiger charge is -2.16. The number of rotatable bonds is 3. The molecule has 2 nitrogen and oxygen atoms in total. The summed E-state index contributed by atoms with van der Waals surface area (Å²) in [5.74, 6) is 0.0169. The van der Waals surface area contributed by atoms with Crippen molar-refractivity contribution in [3.63, 3.8) is 0 Å². The summed E-state index contributed by atoms with van der Waals surface area (Å²) in [5.41, 5.74) is 8.29. The van der Waals surface area contributed by atoms with Crippen LogP contribution in [0.15, 0.2) is 109 Å². The Morgan fingerprint density at radius 3 is 1.69 bits per heavy atom. The van der Waals surface area contributed by atoms with Crippen molar-refractivity contribution in [3.05, 3.63) is 125 Å². The average molecular weight is 432 g/mol. The van der Waals surface area contributed by atoms with E-state index in [0.29, 0.717) is 10.6 Å². The van der Waals surface area contributed by atoms with E-state index in [9.17, 15) is 4.79 Å². The van der Waals surface area contributed by atoms with Crippen LogP contribution in [0, 0.1) is 0 Å². The molecule has 4 aromatic carbocycles. The average Bonchev–Trinajstić information content (AvgIpc) is 3.34. The number of ketones is 1. The van der Waals surface area contributed by atoms with Gasteiger partial charge in [-0.2, -0.15) is 0 Å². The van der Waals surface area contributed by atoms with E-state index < -0.39 is 0 Å². The predicted octanol–water partition coefficient (Wildman–Crippen LogP) is 7.68. The van der Waals surface area contributed by atoms with Crippen molar-refractivity contribution in [1.29, 1.82) is 0 Å². The molecule has 0 N–H and O–H groups in total. The largest absolute Gasteiger partial charge is 0.308 e. The van der Waals surface area contributed by atoms with E-state index in [0.717, 1.165) is 44.9 Å². The van der Waals surface area contributed by atoms with Crippen LogP contribution in [0.2, 0.25) is 5.02 Å². The zero-order valence-electron chi connectivity index (χ0n) is 17.1. The van der Waals surface area contributed by atoms with Gasteiger partial charge in [0, 0.05) is 21.8 Å². The number of carbonyl (C=O) groups is 1. The minimum Gasteiger partial charge on any atom is -0.308 e. The summed E-state index contributed by atoms with van der Waals surface area (Å²) in [5, 5.41) is 0.570. The molecule has 6 rings (SSSR count). The molecule has 0 atom stereocenters. The van der Waals surface area contributed by atoms with Gasteiger partial charge in [0.15, 0.2) is 5.78 Å². The Labute approximate surface area is 191 Å². The molecule has 0 unspecified atom stereocenters. The van der Waals surface area contributed by atoms with E-state index in [2.05, 4.69) is 41.0 Å². The Morgan fingerprint density at radius 2 is 1.09 bits per heavy atom. The summed E-state index contributed by atoms with van der Waals surface area (Å²) >= 11 is 6.28. The van der Waals surface area contributed by atoms with Crippen LogP contribution in [-0.4, -0.2) is 10.4 Å². The highest BCUT2D eigenvalue weighted by atomic mass is 35.5. The second-order valence-electron chi connectivity index (χ2n) is 7.87. The standard InChI is InChI=1S/C29H18ClNO/c30-21-16-17-23-24(18-21)29(32)26-25(23)27(19-10-4-1-5-11-19)31(22-14-8-3-9-15-22)28(26)20-12-6-2-7-13-20/h1-18H. The summed E-state index contributed by atoms with van der Waals surface area (Å²) < 4.78 is 2.23. The molecule has 0 saturated heterocycles. The van der Waals surface area contributed by atoms with E-state index in [-0.39, 0.29) is 5.78 Å². The molecule has 0 saturated carbocycles. The lowest BCUT2D eigenvalue weighted by atomic mass is 10.0. The number of benzene rings is 4. The molecule has 5 aromatic rings. The van der Waals surface area contributed by atoms with Gasteiger partial charge < -0.3 is 4.57 Å². The second kappa shape index (κ2) is 7.37. The molecule has 0 amide bonds. The fourth-order valence-electron chi connectivity index (χ4n) is 4.69. The van der Waals surface area contributed by atoms with Gasteiger partial charge in [0.25, 0.3) is 0 Å². The maximum absolute atomic E-state index is 13.8. The zero-order valence-corrected chi connectivity index (χ0v) is 17.9. The Kier molecular flexibility index (Phi) is 4.34. The number of aromatic nitrogens is 1. The molecule has 1 aliphatic carbocycles. The van der Waals surface area contributed by atoms with Crippen molar-refractivity contribution < 1.29 is 4.79 Å². The van der Waals surface area contributed by atoms with Crippen LogP contribution in [0.5, 0.6) is 0 Å². The minimum absolute atomic E-state index is 0.0169. The molecule has 32 heavy (non-hydrogen) atoms. The SMILES string of the molecule is O=C1c2cc(Cl)ccc2-c2c1c(-c1ccccc1)n(-c1ccccc1)c2-c1ccccc1. The Morgan fingerprint density at radius 1 is 0.562 bits per heavy atom. The first-order chi connectivity index (χ1) is 15.7. The summed E-state index contributed by atoms with van der Waals surface area (Å²) in [6, 6.07) is 36.3. The van der Waals surface area contributed by atoms with Crippen LogP contribution < -0.4 is 0 Å². The first-order valence-electron chi connectivity index (χ1n) is 10.5. The molecule has 0 fully saturated rings. The van der Waals surface area contributed by atoms with Crippen LogP contribution in [0.4, 0.5) is 0 Å². The monoisotopic (exact) mass is 431 g/mol. The molecule has 0 radical (unpaired) electrons. The molecule has 0 aliphatic heterocycles. The van der Waals surface area contributed by atoms with Gasteiger partial charge in [-0.3, -0.25) is 4.79 Å². The van der Waals surface area contributed by atoms with Crippen molar-refractivity contribution in [2.75, 3.05) is 0 Å². The van der Waals surface area contributed by atoms with Crippen molar-refractivity contribution in [2.45, 2.75) is 0 Å². The number of hydrogen-bond donors (Lipinski definition) is 0. The van der Waals surface area contributed by atoms with E-state index in [4.69, 9.17) is 11.6 Å². The Hall–Kier alpha value is -3.88. The summed E-state index contributed by atoms with van der Waals surface area (Å²) in [4.78, 5) is 13.8. The number of carbonyl (C=O) groups excluding carboxylic acids is 1. The number of nitrogens with zero attached hydrogens (tertiary/aromatic N) is 1. The van der Waals surface area contributed by atoms with Crippen molar-refractivity contribution in [2.24, 2.45) is 0 Å². The lowest BCUT2D eigenvalue weighted by Crippen LogP contribution is -2.04. The van der Waals surface area contributed by atoms with E-state index in [1.165, 1.54) is 0 Å². The number of fused-ring (bicyclic) bond motifs is 3. The third kappa shape index (κ3) is 2.77. The van der Waals surface area contributed by atoms with E-state index >= 15 is 0 Å². The van der Waals surface area contributed by atoms with Gasteiger partial charge in [-0.15, -0.1) is 0 Å². The molecule has 1 aliphatic rings. The molecule has 3 heteroatoms. The summed E-state index contributed by atoms with van der Waals surface area (Å²) in [6.07, 6.45) is 0. The van der Waals surface area contributed by atoms with Crippen LogP contribution >= 0.6 is 11.6 Å². The quantitative estimate of drug-likeness (QED) is 0.281. The van der Waals surface area contributed by atoms with Gasteiger partial charge in [0.1, 0.15) is 0 Å². The molecule has 0 bridgehead atoms. The zero-order chi connectivity index (χ0) is 21.7. The van der Waals surface area contributed by atoms with E-state index in [1.807, 2.05) is 66.7 Å². The molecular weight excluding hydrogens is 414 g/mol.